The molecular weight excluding hydrogens is 312 g/mol. The van der Waals surface area contributed by atoms with Crippen LogP contribution in [0.3, 0.4) is 0 Å². The van der Waals surface area contributed by atoms with E-state index in [9.17, 15) is 8.42 Å². The van der Waals surface area contributed by atoms with Gasteiger partial charge in [-0.15, -0.1) is 0 Å². The van der Waals surface area contributed by atoms with E-state index in [1.165, 1.54) is 5.56 Å². The number of rotatable bonds is 7. The van der Waals surface area contributed by atoms with Gasteiger partial charge < -0.3 is 9.47 Å². The topological polar surface area (TPSA) is 52.6 Å². The second-order valence-electron chi connectivity index (χ2n) is 5.95. The summed E-state index contributed by atoms with van der Waals surface area (Å²) in [6.45, 7) is 9.23. The van der Waals surface area contributed by atoms with Crippen molar-refractivity contribution in [2.75, 3.05) is 25.6 Å². The van der Waals surface area contributed by atoms with Crippen molar-refractivity contribution >= 4 is 19.7 Å². The molecule has 0 aliphatic rings. The Hall–Kier alpha value is -0.780. The van der Waals surface area contributed by atoms with Gasteiger partial charge in [0.1, 0.15) is 12.4 Å². The zero-order valence-corrected chi connectivity index (χ0v) is 14.6. The van der Waals surface area contributed by atoms with E-state index in [-0.39, 0.29) is 17.8 Å². The average molecular weight is 335 g/mol. The molecule has 0 atom stereocenters. The number of aryl methyl sites for hydroxylation is 1. The smallest absolute Gasteiger partial charge is 0.234 e. The first kappa shape index (κ1) is 18.3. The molecule has 0 saturated heterocycles. The first-order chi connectivity index (χ1) is 9.59. The molecule has 0 heterocycles. The molecule has 1 aromatic carbocycles. The zero-order chi connectivity index (χ0) is 16.1. The third kappa shape index (κ3) is 7.16. The summed E-state index contributed by atoms with van der Waals surface area (Å²) in [6.07, 6.45) is 0. The van der Waals surface area contributed by atoms with E-state index in [0.29, 0.717) is 13.2 Å². The van der Waals surface area contributed by atoms with Gasteiger partial charge in [0.25, 0.3) is 0 Å². The van der Waals surface area contributed by atoms with E-state index in [2.05, 4.69) is 33.8 Å². The largest absolute Gasteiger partial charge is 0.491 e. The molecule has 1 rings (SSSR count). The summed E-state index contributed by atoms with van der Waals surface area (Å²) in [4.78, 5) is 0. The van der Waals surface area contributed by atoms with Crippen molar-refractivity contribution in [3.8, 4) is 5.75 Å². The summed E-state index contributed by atoms with van der Waals surface area (Å²) in [5, 5.41) is 0. The van der Waals surface area contributed by atoms with E-state index in [1.54, 1.807) is 0 Å². The Kier molecular flexibility index (Phi) is 6.50. The van der Waals surface area contributed by atoms with Crippen molar-refractivity contribution in [2.45, 2.75) is 33.1 Å². The summed E-state index contributed by atoms with van der Waals surface area (Å²) >= 11 is 0. The monoisotopic (exact) mass is 334 g/mol. The van der Waals surface area contributed by atoms with Gasteiger partial charge in [-0.1, -0.05) is 38.5 Å². The van der Waals surface area contributed by atoms with E-state index in [0.717, 1.165) is 11.3 Å². The molecule has 0 saturated carbocycles. The first-order valence-corrected chi connectivity index (χ1v) is 9.31. The number of hydrogen-bond acceptors (Lipinski definition) is 4. The van der Waals surface area contributed by atoms with E-state index >= 15 is 0 Å². The lowest BCUT2D eigenvalue weighted by atomic mass is 9.85. The Labute approximate surface area is 131 Å². The minimum absolute atomic E-state index is 0.00505. The fourth-order valence-corrected chi connectivity index (χ4v) is 2.33. The van der Waals surface area contributed by atoms with Crippen LogP contribution in [0.25, 0.3) is 0 Å². The summed E-state index contributed by atoms with van der Waals surface area (Å²) < 4.78 is 32.4. The normalized spacial score (nSPS) is 12.4. The Morgan fingerprint density at radius 1 is 1.14 bits per heavy atom. The Morgan fingerprint density at radius 3 is 2.38 bits per heavy atom. The molecule has 0 aliphatic carbocycles. The van der Waals surface area contributed by atoms with Crippen LogP contribution in [0.2, 0.25) is 0 Å². The molecule has 21 heavy (non-hydrogen) atoms. The predicted molar refractivity (Wildman–Crippen MR) is 85.8 cm³/mol. The highest BCUT2D eigenvalue weighted by atomic mass is 35.7. The second-order valence-corrected chi connectivity index (χ2v) is 8.85. The highest BCUT2D eigenvalue weighted by molar-refractivity contribution is 8.13. The van der Waals surface area contributed by atoms with Crippen LogP contribution in [-0.4, -0.2) is 34.0 Å². The predicted octanol–water partition coefficient (Wildman–Crippen LogP) is 3.26. The molecule has 0 amide bonds. The molecule has 0 unspecified atom stereocenters. The van der Waals surface area contributed by atoms with Crippen LogP contribution < -0.4 is 4.74 Å². The lowest BCUT2D eigenvalue weighted by molar-refractivity contribution is 0.110. The van der Waals surface area contributed by atoms with Gasteiger partial charge in [0, 0.05) is 10.7 Å². The maximum Gasteiger partial charge on any atom is 0.234 e. The highest BCUT2D eigenvalue weighted by Gasteiger charge is 2.19. The van der Waals surface area contributed by atoms with Crippen molar-refractivity contribution in [1.29, 1.82) is 0 Å². The molecule has 0 N–H and O–H groups in total. The van der Waals surface area contributed by atoms with Gasteiger partial charge in [-0.25, -0.2) is 8.42 Å². The molecule has 0 aromatic heterocycles. The average Bonchev–Trinajstić information content (AvgIpc) is 2.32. The molecule has 120 valence electrons. The van der Waals surface area contributed by atoms with Gasteiger partial charge in [-0.05, 0) is 24.0 Å². The third-order valence-electron chi connectivity index (χ3n) is 2.90. The molecule has 0 fully saturated rings. The number of ether oxygens (including phenoxy) is 2. The van der Waals surface area contributed by atoms with Gasteiger partial charge in [0.15, 0.2) is 0 Å². The van der Waals surface area contributed by atoms with Gasteiger partial charge in [0.05, 0.1) is 19.0 Å². The van der Waals surface area contributed by atoms with Gasteiger partial charge in [-0.3, -0.25) is 0 Å². The standard InChI is InChI=1S/C15H23ClO4S/c1-12-5-6-14(13(11-12)15(2,3)4)20-8-7-19-9-10-21(16,17)18/h5-6,11H,7-10H2,1-4H3. The lowest BCUT2D eigenvalue weighted by Crippen LogP contribution is -2.16. The molecule has 0 bridgehead atoms. The summed E-state index contributed by atoms with van der Waals surface area (Å²) in [7, 11) is 1.60. The SMILES string of the molecule is Cc1ccc(OCCOCCS(=O)(=O)Cl)c(C(C)(C)C)c1. The Bertz CT molecular complexity index is 562. The van der Waals surface area contributed by atoms with Crippen LogP contribution in [0.5, 0.6) is 5.75 Å². The lowest BCUT2D eigenvalue weighted by Gasteiger charge is -2.23. The van der Waals surface area contributed by atoms with Crippen LogP contribution in [-0.2, 0) is 19.2 Å². The maximum atomic E-state index is 10.7. The Morgan fingerprint density at radius 2 is 1.81 bits per heavy atom. The first-order valence-electron chi connectivity index (χ1n) is 6.83. The molecule has 4 nitrogen and oxygen atoms in total. The summed E-state index contributed by atoms with van der Waals surface area (Å²) in [6, 6.07) is 6.08. The highest BCUT2D eigenvalue weighted by Crippen LogP contribution is 2.32. The van der Waals surface area contributed by atoms with Crippen LogP contribution in [0.4, 0.5) is 0 Å². The summed E-state index contributed by atoms with van der Waals surface area (Å²) in [5.41, 5.74) is 2.33. The minimum atomic E-state index is -3.49. The molecule has 0 radical (unpaired) electrons. The fraction of sp³-hybridized carbons (Fsp3) is 0.600. The molecule has 0 aliphatic heterocycles. The number of hydrogen-bond donors (Lipinski definition) is 0. The van der Waals surface area contributed by atoms with Gasteiger partial charge in [0.2, 0.25) is 9.05 Å². The number of benzene rings is 1. The molecule has 6 heteroatoms. The molecule has 1 aromatic rings. The fourth-order valence-electron chi connectivity index (χ4n) is 1.83. The van der Waals surface area contributed by atoms with E-state index < -0.39 is 9.05 Å². The van der Waals surface area contributed by atoms with Crippen LogP contribution in [0, 0.1) is 6.92 Å². The van der Waals surface area contributed by atoms with Crippen molar-refractivity contribution in [3.05, 3.63) is 29.3 Å². The quantitative estimate of drug-likeness (QED) is 0.567. The van der Waals surface area contributed by atoms with E-state index in [1.807, 2.05) is 12.1 Å². The van der Waals surface area contributed by atoms with Crippen LogP contribution in [0.1, 0.15) is 31.9 Å². The Balaban J connectivity index is 2.49. The van der Waals surface area contributed by atoms with Crippen molar-refractivity contribution in [3.63, 3.8) is 0 Å². The van der Waals surface area contributed by atoms with E-state index in [4.69, 9.17) is 20.2 Å². The molecular formula is C15H23ClO4S. The zero-order valence-electron chi connectivity index (χ0n) is 13.0. The third-order valence-corrected chi connectivity index (χ3v) is 4.02. The maximum absolute atomic E-state index is 10.7. The minimum Gasteiger partial charge on any atom is -0.491 e. The summed E-state index contributed by atoms with van der Waals surface area (Å²) in [5.74, 6) is 0.647. The van der Waals surface area contributed by atoms with Crippen molar-refractivity contribution in [2.24, 2.45) is 0 Å². The second kappa shape index (κ2) is 7.47. The van der Waals surface area contributed by atoms with Gasteiger partial charge >= 0.3 is 0 Å². The van der Waals surface area contributed by atoms with Crippen molar-refractivity contribution in [1.82, 2.24) is 0 Å². The van der Waals surface area contributed by atoms with Crippen molar-refractivity contribution < 1.29 is 17.9 Å². The van der Waals surface area contributed by atoms with Crippen LogP contribution in [0.15, 0.2) is 18.2 Å². The number of halogens is 1. The van der Waals surface area contributed by atoms with Gasteiger partial charge in [-0.2, -0.15) is 0 Å². The van der Waals surface area contributed by atoms with Crippen LogP contribution >= 0.6 is 10.7 Å². The molecule has 0 spiro atoms.